The van der Waals surface area contributed by atoms with Gasteiger partial charge < -0.3 is 15.4 Å². The number of nitro groups is 1. The lowest BCUT2D eigenvalue weighted by atomic mass is 10.2. The minimum absolute atomic E-state index is 0.0969. The highest BCUT2D eigenvalue weighted by molar-refractivity contribution is 6.33. The van der Waals surface area contributed by atoms with Crippen molar-refractivity contribution in [2.24, 2.45) is 5.92 Å². The van der Waals surface area contributed by atoms with Crippen molar-refractivity contribution in [3.05, 3.63) is 75.1 Å². The van der Waals surface area contributed by atoms with Gasteiger partial charge in [-0.05, 0) is 48.4 Å². The second-order valence-electron chi connectivity index (χ2n) is 7.69. The Morgan fingerprint density at radius 3 is 2.31 bits per heavy atom. The molecule has 0 aliphatic carbocycles. The number of rotatable bonds is 8. The van der Waals surface area contributed by atoms with Crippen LogP contribution < -0.4 is 10.6 Å². The van der Waals surface area contributed by atoms with Crippen molar-refractivity contribution >= 4 is 46.3 Å². The fourth-order valence-electron chi connectivity index (χ4n) is 2.81. The molecule has 35 heavy (non-hydrogen) atoms. The summed E-state index contributed by atoms with van der Waals surface area (Å²) < 4.78 is 44.3. The maximum atomic E-state index is 13.1. The zero-order valence-electron chi connectivity index (χ0n) is 18.4. The van der Waals surface area contributed by atoms with E-state index in [0.717, 1.165) is 24.5 Å². The van der Waals surface area contributed by atoms with Gasteiger partial charge in [0.15, 0.2) is 0 Å². The van der Waals surface area contributed by atoms with E-state index in [9.17, 15) is 28.1 Å². The van der Waals surface area contributed by atoms with Crippen LogP contribution in [0.3, 0.4) is 0 Å². The highest BCUT2D eigenvalue weighted by Crippen LogP contribution is 2.38. The SMILES string of the molecule is CC(C)COC(=O)c1ccc(Nc2ncnc(Nc3cc(C(F)(F)F)ccc3Cl)c2[N+](=O)[O-])cc1. The molecule has 0 amide bonds. The van der Waals surface area contributed by atoms with Crippen LogP contribution in [0.1, 0.15) is 29.8 Å². The van der Waals surface area contributed by atoms with E-state index in [1.54, 1.807) is 0 Å². The number of nitrogens with one attached hydrogen (secondary N) is 2. The highest BCUT2D eigenvalue weighted by atomic mass is 35.5. The van der Waals surface area contributed by atoms with Gasteiger partial charge in [0.25, 0.3) is 0 Å². The lowest BCUT2D eigenvalue weighted by Crippen LogP contribution is -2.10. The van der Waals surface area contributed by atoms with E-state index >= 15 is 0 Å². The normalized spacial score (nSPS) is 11.3. The molecule has 0 bridgehead atoms. The van der Waals surface area contributed by atoms with Crippen LogP contribution in [0.25, 0.3) is 0 Å². The summed E-state index contributed by atoms with van der Waals surface area (Å²) >= 11 is 5.98. The molecule has 0 saturated heterocycles. The van der Waals surface area contributed by atoms with Gasteiger partial charge >= 0.3 is 17.8 Å². The number of anilines is 4. The van der Waals surface area contributed by atoms with Crippen LogP contribution in [0.5, 0.6) is 0 Å². The summed E-state index contributed by atoms with van der Waals surface area (Å²) in [7, 11) is 0. The molecule has 1 heterocycles. The smallest absolute Gasteiger partial charge is 0.416 e. The molecular formula is C22H19ClF3N5O4. The number of halogens is 4. The van der Waals surface area contributed by atoms with Crippen LogP contribution in [-0.4, -0.2) is 27.5 Å². The van der Waals surface area contributed by atoms with Crippen LogP contribution in [0.15, 0.2) is 48.8 Å². The average molecular weight is 510 g/mol. The lowest BCUT2D eigenvalue weighted by molar-refractivity contribution is -0.383. The van der Waals surface area contributed by atoms with Gasteiger partial charge in [0.05, 0.1) is 33.4 Å². The number of benzene rings is 2. The fraction of sp³-hybridized carbons (Fsp3) is 0.227. The van der Waals surface area contributed by atoms with E-state index in [-0.39, 0.29) is 40.4 Å². The van der Waals surface area contributed by atoms with Crippen molar-refractivity contribution in [1.82, 2.24) is 9.97 Å². The maximum absolute atomic E-state index is 13.1. The molecule has 0 unspecified atom stereocenters. The highest BCUT2D eigenvalue weighted by Gasteiger charge is 2.31. The number of carbonyl (C=O) groups excluding carboxylic acids is 1. The average Bonchev–Trinajstić information content (AvgIpc) is 2.78. The molecule has 0 aliphatic rings. The Balaban J connectivity index is 1.87. The third kappa shape index (κ3) is 6.57. The summed E-state index contributed by atoms with van der Waals surface area (Å²) in [6.45, 7) is 4.07. The van der Waals surface area contributed by atoms with E-state index < -0.39 is 28.3 Å². The molecule has 3 rings (SSSR count). The largest absolute Gasteiger partial charge is 0.462 e. The number of nitrogens with zero attached hydrogens (tertiary/aromatic N) is 3. The predicted octanol–water partition coefficient (Wildman–Crippen LogP) is 6.36. The molecule has 3 aromatic rings. The molecule has 0 spiro atoms. The summed E-state index contributed by atoms with van der Waals surface area (Å²) in [5.41, 5.74) is -1.20. The lowest BCUT2D eigenvalue weighted by Gasteiger charge is -2.13. The Labute approximate surface area is 202 Å². The number of hydrogen-bond donors (Lipinski definition) is 2. The number of ether oxygens (including phenoxy) is 1. The predicted molar refractivity (Wildman–Crippen MR) is 123 cm³/mol. The number of aromatic nitrogens is 2. The molecule has 2 aromatic carbocycles. The Kier molecular flexibility index (Phi) is 7.75. The van der Waals surface area contributed by atoms with E-state index in [0.29, 0.717) is 5.69 Å². The van der Waals surface area contributed by atoms with Gasteiger partial charge in [-0.2, -0.15) is 13.2 Å². The van der Waals surface area contributed by atoms with Gasteiger partial charge in [0, 0.05) is 5.69 Å². The van der Waals surface area contributed by atoms with Crippen LogP contribution in [0.4, 0.5) is 41.9 Å². The number of alkyl halides is 3. The van der Waals surface area contributed by atoms with Crippen LogP contribution in [0.2, 0.25) is 5.02 Å². The van der Waals surface area contributed by atoms with Gasteiger partial charge in [0.1, 0.15) is 6.33 Å². The first-order valence-corrected chi connectivity index (χ1v) is 10.5. The molecular weight excluding hydrogens is 491 g/mol. The summed E-state index contributed by atoms with van der Waals surface area (Å²) in [6, 6.07) is 8.46. The zero-order valence-corrected chi connectivity index (χ0v) is 19.1. The molecule has 0 radical (unpaired) electrons. The third-order valence-electron chi connectivity index (χ3n) is 4.48. The molecule has 0 fully saturated rings. The molecule has 1 aromatic heterocycles. The maximum Gasteiger partial charge on any atom is 0.416 e. The quantitative estimate of drug-likeness (QED) is 0.204. The molecule has 0 aliphatic heterocycles. The topological polar surface area (TPSA) is 119 Å². The summed E-state index contributed by atoms with van der Waals surface area (Å²) in [5.74, 6) is -0.942. The minimum atomic E-state index is -4.64. The summed E-state index contributed by atoms with van der Waals surface area (Å²) in [6.07, 6.45) is -3.64. The monoisotopic (exact) mass is 509 g/mol. The molecule has 2 N–H and O–H groups in total. The zero-order chi connectivity index (χ0) is 25.8. The van der Waals surface area contributed by atoms with Gasteiger partial charge in [-0.3, -0.25) is 10.1 Å². The van der Waals surface area contributed by atoms with Gasteiger partial charge in [0.2, 0.25) is 11.6 Å². The van der Waals surface area contributed by atoms with Crippen molar-refractivity contribution in [2.75, 3.05) is 17.2 Å². The van der Waals surface area contributed by atoms with Crippen molar-refractivity contribution < 1.29 is 27.6 Å². The number of carbonyl (C=O) groups is 1. The van der Waals surface area contributed by atoms with Crippen molar-refractivity contribution in [3.63, 3.8) is 0 Å². The first-order valence-electron chi connectivity index (χ1n) is 10.1. The Hall–Kier alpha value is -3.93. The second kappa shape index (κ2) is 10.6. The third-order valence-corrected chi connectivity index (χ3v) is 4.81. The Morgan fingerprint density at radius 2 is 1.74 bits per heavy atom. The van der Waals surface area contributed by atoms with Gasteiger partial charge in [-0.15, -0.1) is 0 Å². The molecule has 9 nitrogen and oxygen atoms in total. The number of esters is 1. The fourth-order valence-corrected chi connectivity index (χ4v) is 2.98. The van der Waals surface area contributed by atoms with Crippen molar-refractivity contribution in [1.29, 1.82) is 0 Å². The van der Waals surface area contributed by atoms with Gasteiger partial charge in [-0.25, -0.2) is 14.8 Å². The van der Waals surface area contributed by atoms with E-state index in [1.807, 2.05) is 13.8 Å². The van der Waals surface area contributed by atoms with Crippen molar-refractivity contribution in [3.8, 4) is 0 Å². The van der Waals surface area contributed by atoms with Gasteiger partial charge in [-0.1, -0.05) is 25.4 Å². The van der Waals surface area contributed by atoms with Crippen LogP contribution in [0, 0.1) is 16.0 Å². The van der Waals surface area contributed by atoms with E-state index in [2.05, 4.69) is 20.6 Å². The molecule has 0 saturated carbocycles. The Bertz CT molecular complexity index is 1240. The minimum Gasteiger partial charge on any atom is -0.462 e. The second-order valence-corrected chi connectivity index (χ2v) is 8.10. The van der Waals surface area contributed by atoms with Crippen LogP contribution in [-0.2, 0) is 10.9 Å². The standard InChI is InChI=1S/C22H19ClF3N5O4/c1-12(2)10-35-21(32)13-3-6-15(7-4-13)29-19-18(31(33)34)20(28-11-27-19)30-17-9-14(22(24,25)26)5-8-16(17)23/h3-9,11-12H,10H2,1-2H3,(H2,27,28,29,30). The van der Waals surface area contributed by atoms with Crippen molar-refractivity contribution in [2.45, 2.75) is 20.0 Å². The summed E-state index contributed by atoms with van der Waals surface area (Å²) in [5, 5.41) is 16.9. The van der Waals surface area contributed by atoms with E-state index in [4.69, 9.17) is 16.3 Å². The molecule has 13 heteroatoms. The summed E-state index contributed by atoms with van der Waals surface area (Å²) in [4.78, 5) is 30.7. The van der Waals surface area contributed by atoms with Crippen LogP contribution >= 0.6 is 11.6 Å². The Morgan fingerprint density at radius 1 is 1.11 bits per heavy atom. The number of hydrogen-bond acceptors (Lipinski definition) is 8. The van der Waals surface area contributed by atoms with E-state index in [1.165, 1.54) is 24.3 Å². The molecule has 0 atom stereocenters. The molecule has 184 valence electrons. The first-order chi connectivity index (χ1) is 16.5. The first kappa shape index (κ1) is 25.7.